The molecule has 1 saturated carbocycles. The van der Waals surface area contributed by atoms with Crippen molar-refractivity contribution in [2.24, 2.45) is 17.8 Å². The van der Waals surface area contributed by atoms with Gasteiger partial charge in [-0.05, 0) is 61.8 Å². The van der Waals surface area contributed by atoms with E-state index in [0.717, 1.165) is 24.9 Å². The van der Waals surface area contributed by atoms with Crippen LogP contribution in [0.4, 0.5) is 5.69 Å². The third kappa shape index (κ3) is 5.96. The molecule has 0 radical (unpaired) electrons. The van der Waals surface area contributed by atoms with E-state index in [9.17, 15) is 9.59 Å². The summed E-state index contributed by atoms with van der Waals surface area (Å²) in [5.74, 6) is 0.927. The Morgan fingerprint density at radius 3 is 2.42 bits per heavy atom. The molecular formula is C19H28N2O3. The highest BCUT2D eigenvalue weighted by Gasteiger charge is 2.29. The van der Waals surface area contributed by atoms with Crippen LogP contribution in [0.3, 0.4) is 0 Å². The van der Waals surface area contributed by atoms with Crippen LogP contribution in [0.5, 0.6) is 0 Å². The zero-order chi connectivity index (χ0) is 17.5. The normalized spacial score (nSPS) is 15.2. The quantitative estimate of drug-likeness (QED) is 0.650. The first-order valence-electron chi connectivity index (χ1n) is 8.79. The number of anilines is 1. The maximum absolute atomic E-state index is 12.2. The molecule has 1 aliphatic carbocycles. The molecule has 5 heteroatoms. The lowest BCUT2D eigenvalue weighted by molar-refractivity contribution is -0.117. The number of rotatable bonds is 9. The standard InChI is InChI=1S/C19H28N2O3/c1-13(2)11-14(9-10-22)12-20-18(23)15-5-7-17(8-6-15)21-19(24)16-3-4-16/h5-8,13-14,16,22H,3-4,9-12H2,1-2H3,(H,20,23)(H,21,24). The van der Waals surface area contributed by atoms with Crippen LogP contribution >= 0.6 is 0 Å². The third-order valence-electron chi connectivity index (χ3n) is 4.26. The minimum Gasteiger partial charge on any atom is -0.396 e. The molecule has 1 aliphatic rings. The monoisotopic (exact) mass is 332 g/mol. The molecule has 1 atom stereocenters. The van der Waals surface area contributed by atoms with Gasteiger partial charge in [-0.25, -0.2) is 0 Å². The summed E-state index contributed by atoms with van der Waals surface area (Å²) in [5, 5.41) is 14.9. The van der Waals surface area contributed by atoms with E-state index >= 15 is 0 Å². The van der Waals surface area contributed by atoms with Crippen LogP contribution in [-0.2, 0) is 4.79 Å². The summed E-state index contributed by atoms with van der Waals surface area (Å²) in [4.78, 5) is 23.9. The maximum atomic E-state index is 12.2. The third-order valence-corrected chi connectivity index (χ3v) is 4.26. The SMILES string of the molecule is CC(C)CC(CCO)CNC(=O)c1ccc(NC(=O)C2CC2)cc1. The number of hydrogen-bond acceptors (Lipinski definition) is 3. The highest BCUT2D eigenvalue weighted by molar-refractivity contribution is 5.96. The van der Waals surface area contributed by atoms with Gasteiger partial charge in [0, 0.05) is 30.3 Å². The van der Waals surface area contributed by atoms with Crippen LogP contribution in [0.1, 0.15) is 49.9 Å². The molecule has 1 fully saturated rings. The first kappa shape index (κ1) is 18.5. The number of hydrogen-bond donors (Lipinski definition) is 3. The van der Waals surface area contributed by atoms with Crippen molar-refractivity contribution < 1.29 is 14.7 Å². The molecule has 0 bridgehead atoms. The van der Waals surface area contributed by atoms with E-state index in [2.05, 4.69) is 24.5 Å². The van der Waals surface area contributed by atoms with E-state index in [1.165, 1.54) is 0 Å². The molecule has 0 saturated heterocycles. The maximum Gasteiger partial charge on any atom is 0.251 e. The average Bonchev–Trinajstić information content (AvgIpc) is 3.37. The van der Waals surface area contributed by atoms with Crippen molar-refractivity contribution in [3.05, 3.63) is 29.8 Å². The second kappa shape index (κ2) is 8.83. The number of carbonyl (C=O) groups is 2. The van der Waals surface area contributed by atoms with Crippen LogP contribution in [-0.4, -0.2) is 30.1 Å². The van der Waals surface area contributed by atoms with E-state index in [-0.39, 0.29) is 30.3 Å². The van der Waals surface area contributed by atoms with E-state index in [1.54, 1.807) is 24.3 Å². The Labute approximate surface area is 143 Å². The second-order valence-electron chi connectivity index (χ2n) is 7.06. The van der Waals surface area contributed by atoms with Crippen LogP contribution in [0.15, 0.2) is 24.3 Å². The zero-order valence-corrected chi connectivity index (χ0v) is 14.5. The molecule has 0 aromatic heterocycles. The van der Waals surface area contributed by atoms with Gasteiger partial charge in [0.25, 0.3) is 5.91 Å². The zero-order valence-electron chi connectivity index (χ0n) is 14.5. The van der Waals surface area contributed by atoms with Gasteiger partial charge in [-0.15, -0.1) is 0 Å². The van der Waals surface area contributed by atoms with Gasteiger partial charge in [-0.3, -0.25) is 9.59 Å². The molecule has 1 aromatic rings. The summed E-state index contributed by atoms with van der Waals surface area (Å²) in [7, 11) is 0. The molecule has 5 nitrogen and oxygen atoms in total. The van der Waals surface area contributed by atoms with Gasteiger partial charge in [0.1, 0.15) is 0 Å². The summed E-state index contributed by atoms with van der Waals surface area (Å²) in [6.07, 6.45) is 3.62. The van der Waals surface area contributed by atoms with Gasteiger partial charge >= 0.3 is 0 Å². The van der Waals surface area contributed by atoms with Crippen molar-refractivity contribution in [3.63, 3.8) is 0 Å². The van der Waals surface area contributed by atoms with Crippen molar-refractivity contribution in [1.29, 1.82) is 0 Å². The Balaban J connectivity index is 1.83. The summed E-state index contributed by atoms with van der Waals surface area (Å²) < 4.78 is 0. The average molecular weight is 332 g/mol. The van der Waals surface area contributed by atoms with Gasteiger partial charge in [-0.2, -0.15) is 0 Å². The number of amides is 2. The molecule has 1 aromatic carbocycles. The highest BCUT2D eigenvalue weighted by Crippen LogP contribution is 2.30. The van der Waals surface area contributed by atoms with E-state index in [4.69, 9.17) is 5.11 Å². The minimum absolute atomic E-state index is 0.0627. The Bertz CT molecular complexity index is 550. The second-order valence-corrected chi connectivity index (χ2v) is 7.06. The Kier molecular flexibility index (Phi) is 6.79. The van der Waals surface area contributed by atoms with Crippen molar-refractivity contribution >= 4 is 17.5 Å². The van der Waals surface area contributed by atoms with Gasteiger partial charge in [0.2, 0.25) is 5.91 Å². The predicted molar refractivity (Wildman–Crippen MR) is 94.8 cm³/mol. The molecule has 2 rings (SSSR count). The van der Waals surface area contributed by atoms with Crippen molar-refractivity contribution in [2.75, 3.05) is 18.5 Å². The lowest BCUT2D eigenvalue weighted by atomic mass is 9.94. The summed E-state index contributed by atoms with van der Waals surface area (Å²) >= 11 is 0. The van der Waals surface area contributed by atoms with Crippen LogP contribution in [0.2, 0.25) is 0 Å². The van der Waals surface area contributed by atoms with Gasteiger partial charge in [0.05, 0.1) is 0 Å². The lowest BCUT2D eigenvalue weighted by Crippen LogP contribution is -2.30. The van der Waals surface area contributed by atoms with E-state index in [0.29, 0.717) is 24.4 Å². The molecule has 0 aliphatic heterocycles. The van der Waals surface area contributed by atoms with Gasteiger partial charge in [-0.1, -0.05) is 13.8 Å². The number of nitrogens with one attached hydrogen (secondary N) is 2. The molecular weight excluding hydrogens is 304 g/mol. The van der Waals surface area contributed by atoms with Crippen molar-refractivity contribution in [3.8, 4) is 0 Å². The van der Waals surface area contributed by atoms with Crippen molar-refractivity contribution in [1.82, 2.24) is 5.32 Å². The largest absolute Gasteiger partial charge is 0.396 e. The lowest BCUT2D eigenvalue weighted by Gasteiger charge is -2.18. The highest BCUT2D eigenvalue weighted by atomic mass is 16.3. The van der Waals surface area contributed by atoms with Crippen molar-refractivity contribution in [2.45, 2.75) is 39.5 Å². The summed E-state index contributed by atoms with van der Waals surface area (Å²) in [5.41, 5.74) is 1.30. The van der Waals surface area contributed by atoms with Crippen LogP contribution in [0.25, 0.3) is 0 Å². The predicted octanol–water partition coefficient (Wildman–Crippen LogP) is 2.81. The number of benzene rings is 1. The first-order chi connectivity index (χ1) is 11.5. The fourth-order valence-corrected chi connectivity index (χ4v) is 2.79. The molecule has 2 amide bonds. The fourth-order valence-electron chi connectivity index (χ4n) is 2.79. The molecule has 24 heavy (non-hydrogen) atoms. The summed E-state index contributed by atoms with van der Waals surface area (Å²) in [6, 6.07) is 6.96. The number of aliphatic hydroxyl groups excluding tert-OH is 1. The van der Waals surface area contributed by atoms with Gasteiger partial charge in [0.15, 0.2) is 0 Å². The Morgan fingerprint density at radius 2 is 1.88 bits per heavy atom. The minimum atomic E-state index is -0.123. The Hall–Kier alpha value is -1.88. The number of aliphatic hydroxyl groups is 1. The van der Waals surface area contributed by atoms with E-state index in [1.807, 2.05) is 0 Å². The topological polar surface area (TPSA) is 78.4 Å². The number of carbonyl (C=O) groups excluding carboxylic acids is 2. The molecule has 3 N–H and O–H groups in total. The first-order valence-corrected chi connectivity index (χ1v) is 8.79. The summed E-state index contributed by atoms with van der Waals surface area (Å²) in [6.45, 7) is 4.99. The van der Waals surface area contributed by atoms with Crippen LogP contribution in [0, 0.1) is 17.8 Å². The molecule has 1 unspecified atom stereocenters. The van der Waals surface area contributed by atoms with Crippen LogP contribution < -0.4 is 10.6 Å². The Morgan fingerprint density at radius 1 is 1.21 bits per heavy atom. The molecule has 132 valence electrons. The molecule has 0 heterocycles. The smallest absolute Gasteiger partial charge is 0.251 e. The fraction of sp³-hybridized carbons (Fsp3) is 0.579. The van der Waals surface area contributed by atoms with E-state index < -0.39 is 0 Å². The molecule has 0 spiro atoms. The van der Waals surface area contributed by atoms with Gasteiger partial charge < -0.3 is 15.7 Å².